The minimum atomic E-state index is -0.123. The molecule has 7 heteroatoms. The molecule has 0 saturated carbocycles. The minimum Gasteiger partial charge on any atom is -0.489 e. The fraction of sp³-hybridized carbons (Fsp3) is 0.296. The van der Waals surface area contributed by atoms with Gasteiger partial charge in [0.05, 0.1) is 6.04 Å². The predicted molar refractivity (Wildman–Crippen MR) is 130 cm³/mol. The topological polar surface area (TPSA) is 74.8 Å². The maximum absolute atomic E-state index is 12.2. The maximum atomic E-state index is 12.2. The van der Waals surface area contributed by atoms with E-state index in [9.17, 15) is 9.59 Å². The van der Waals surface area contributed by atoms with E-state index in [1.165, 1.54) is 0 Å². The number of pyridine rings is 1. The fourth-order valence-electron chi connectivity index (χ4n) is 4.28. The van der Waals surface area contributed by atoms with Gasteiger partial charge in [0.2, 0.25) is 5.91 Å². The van der Waals surface area contributed by atoms with E-state index < -0.39 is 0 Å². The van der Waals surface area contributed by atoms with Gasteiger partial charge in [-0.25, -0.2) is 0 Å². The van der Waals surface area contributed by atoms with Crippen molar-refractivity contribution in [3.63, 3.8) is 0 Å². The van der Waals surface area contributed by atoms with Gasteiger partial charge in [-0.3, -0.25) is 19.5 Å². The summed E-state index contributed by atoms with van der Waals surface area (Å²) in [7, 11) is 1.63. The highest BCUT2D eigenvalue weighted by atomic mass is 16.5. The molecule has 1 atom stereocenters. The smallest absolute Gasteiger partial charge is 0.251 e. The van der Waals surface area contributed by atoms with E-state index in [0.29, 0.717) is 31.8 Å². The number of amides is 2. The number of ether oxygens (including phenoxy) is 1. The summed E-state index contributed by atoms with van der Waals surface area (Å²) in [6.45, 7) is 4.69. The first-order valence-corrected chi connectivity index (χ1v) is 11.5. The molecule has 4 rings (SSSR count). The van der Waals surface area contributed by atoms with Crippen LogP contribution in [-0.2, 0) is 17.9 Å². The molecule has 2 heterocycles. The third kappa shape index (κ3) is 5.61. The lowest BCUT2D eigenvalue weighted by Crippen LogP contribution is -2.49. The molecule has 3 aromatic rings. The molecule has 176 valence electrons. The van der Waals surface area contributed by atoms with Gasteiger partial charge >= 0.3 is 0 Å². The van der Waals surface area contributed by atoms with Crippen molar-refractivity contribution >= 4 is 11.8 Å². The monoisotopic (exact) mass is 458 g/mol. The Morgan fingerprint density at radius 2 is 1.94 bits per heavy atom. The van der Waals surface area contributed by atoms with E-state index in [-0.39, 0.29) is 17.9 Å². The maximum Gasteiger partial charge on any atom is 0.251 e. The van der Waals surface area contributed by atoms with Gasteiger partial charge in [-0.2, -0.15) is 0 Å². The number of piperazine rings is 1. The molecule has 1 aromatic heterocycles. The Kier molecular flexibility index (Phi) is 7.54. The van der Waals surface area contributed by atoms with Crippen LogP contribution in [0.4, 0.5) is 0 Å². The Balaban J connectivity index is 1.57. The van der Waals surface area contributed by atoms with Crippen LogP contribution in [0, 0.1) is 0 Å². The van der Waals surface area contributed by atoms with Gasteiger partial charge in [0, 0.05) is 69.2 Å². The zero-order valence-corrected chi connectivity index (χ0v) is 19.6. The lowest BCUT2D eigenvalue weighted by Gasteiger charge is -2.41. The van der Waals surface area contributed by atoms with E-state index in [2.05, 4.69) is 21.3 Å². The molecule has 1 N–H and O–H groups in total. The molecule has 1 saturated heterocycles. The van der Waals surface area contributed by atoms with Crippen LogP contribution in [-0.4, -0.2) is 53.3 Å². The molecule has 1 aliphatic heterocycles. The Hall–Kier alpha value is -3.71. The van der Waals surface area contributed by atoms with Crippen molar-refractivity contribution in [2.75, 3.05) is 26.7 Å². The summed E-state index contributed by atoms with van der Waals surface area (Å²) in [5, 5.41) is 2.69. The Morgan fingerprint density at radius 1 is 1.09 bits per heavy atom. The third-order valence-electron chi connectivity index (χ3n) is 6.16. The number of hydrogen-bond acceptors (Lipinski definition) is 5. The second-order valence-electron chi connectivity index (χ2n) is 8.41. The molecular formula is C27H30N4O3. The molecule has 0 radical (unpaired) electrons. The van der Waals surface area contributed by atoms with Gasteiger partial charge in [-0.1, -0.05) is 36.4 Å². The van der Waals surface area contributed by atoms with Crippen LogP contribution in [0.25, 0.3) is 0 Å². The predicted octanol–water partition coefficient (Wildman–Crippen LogP) is 3.43. The highest BCUT2D eigenvalue weighted by Crippen LogP contribution is 2.30. The van der Waals surface area contributed by atoms with Crippen LogP contribution in [0.3, 0.4) is 0 Å². The zero-order valence-electron chi connectivity index (χ0n) is 19.6. The first-order valence-electron chi connectivity index (χ1n) is 11.5. The number of nitrogens with zero attached hydrogens (tertiary/aromatic N) is 3. The van der Waals surface area contributed by atoms with Gasteiger partial charge in [-0.15, -0.1) is 0 Å². The van der Waals surface area contributed by atoms with Crippen molar-refractivity contribution in [3.05, 3.63) is 95.3 Å². The molecule has 2 amide bonds. The van der Waals surface area contributed by atoms with Crippen molar-refractivity contribution in [2.45, 2.75) is 26.1 Å². The summed E-state index contributed by atoms with van der Waals surface area (Å²) >= 11 is 0. The Bertz CT molecular complexity index is 1140. The first-order chi connectivity index (χ1) is 16.5. The van der Waals surface area contributed by atoms with Crippen LogP contribution in [0.15, 0.2) is 73.1 Å². The molecule has 1 fully saturated rings. The number of carbonyl (C=O) groups excluding carboxylic acids is 2. The van der Waals surface area contributed by atoms with Crippen molar-refractivity contribution in [2.24, 2.45) is 0 Å². The highest BCUT2D eigenvalue weighted by molar-refractivity contribution is 5.94. The van der Waals surface area contributed by atoms with Crippen molar-refractivity contribution in [1.82, 2.24) is 20.1 Å². The first kappa shape index (κ1) is 23.4. The number of hydrogen-bond donors (Lipinski definition) is 1. The fourth-order valence-corrected chi connectivity index (χ4v) is 4.28. The van der Waals surface area contributed by atoms with Crippen LogP contribution in [0.2, 0.25) is 0 Å². The molecule has 0 spiro atoms. The summed E-state index contributed by atoms with van der Waals surface area (Å²) in [5.74, 6) is 0.771. The van der Waals surface area contributed by atoms with Gasteiger partial charge in [0.1, 0.15) is 12.4 Å². The average Bonchev–Trinajstić information content (AvgIpc) is 2.88. The number of rotatable bonds is 7. The molecule has 2 aromatic carbocycles. The standard InChI is InChI=1S/C27H30N4O3/c1-20(32)30-13-14-31(25(18-30)22-9-5-10-23(15-22)27(33)28-2)17-24-8-3-4-11-26(24)34-19-21-7-6-12-29-16-21/h3-12,15-16,25H,13-14,17-19H2,1-2H3,(H,28,33). The average molecular weight is 459 g/mol. The molecule has 1 aliphatic rings. The molecule has 0 aliphatic carbocycles. The van der Waals surface area contributed by atoms with E-state index in [4.69, 9.17) is 4.74 Å². The SMILES string of the molecule is CNC(=O)c1cccc(C2CN(C(C)=O)CCN2Cc2ccccc2OCc2cccnc2)c1. The largest absolute Gasteiger partial charge is 0.489 e. The van der Waals surface area contributed by atoms with Gasteiger partial charge in [0.15, 0.2) is 0 Å². The van der Waals surface area contributed by atoms with Crippen LogP contribution >= 0.6 is 0 Å². The zero-order chi connectivity index (χ0) is 23.9. The molecule has 1 unspecified atom stereocenters. The van der Waals surface area contributed by atoms with E-state index in [0.717, 1.165) is 29.0 Å². The number of aromatic nitrogens is 1. The second kappa shape index (κ2) is 10.9. The van der Waals surface area contributed by atoms with E-state index in [1.807, 2.05) is 53.4 Å². The van der Waals surface area contributed by atoms with Gasteiger partial charge < -0.3 is 15.0 Å². The van der Waals surface area contributed by atoms with Crippen LogP contribution < -0.4 is 10.1 Å². The minimum absolute atomic E-state index is 0.0337. The quantitative estimate of drug-likeness (QED) is 0.587. The van der Waals surface area contributed by atoms with E-state index >= 15 is 0 Å². The van der Waals surface area contributed by atoms with Crippen molar-refractivity contribution in [1.29, 1.82) is 0 Å². The normalized spacial score (nSPS) is 16.2. The number of nitrogens with one attached hydrogen (secondary N) is 1. The lowest BCUT2D eigenvalue weighted by atomic mass is 9.98. The van der Waals surface area contributed by atoms with Gasteiger partial charge in [-0.05, 0) is 29.8 Å². The number of para-hydroxylation sites is 1. The molecular weight excluding hydrogens is 428 g/mol. The van der Waals surface area contributed by atoms with Crippen LogP contribution in [0.1, 0.15) is 40.0 Å². The van der Waals surface area contributed by atoms with E-state index in [1.54, 1.807) is 32.4 Å². The number of carbonyl (C=O) groups is 2. The molecule has 7 nitrogen and oxygen atoms in total. The number of benzene rings is 2. The Labute approximate surface area is 200 Å². The third-order valence-corrected chi connectivity index (χ3v) is 6.16. The summed E-state index contributed by atoms with van der Waals surface area (Å²) in [5.41, 5.74) is 3.72. The Morgan fingerprint density at radius 3 is 2.71 bits per heavy atom. The summed E-state index contributed by atoms with van der Waals surface area (Å²) in [4.78, 5) is 32.8. The summed E-state index contributed by atoms with van der Waals surface area (Å²) in [6, 6.07) is 19.6. The second-order valence-corrected chi connectivity index (χ2v) is 8.41. The van der Waals surface area contributed by atoms with Crippen molar-refractivity contribution in [3.8, 4) is 5.75 Å². The lowest BCUT2D eigenvalue weighted by molar-refractivity contribution is -0.132. The van der Waals surface area contributed by atoms with Crippen LogP contribution in [0.5, 0.6) is 5.75 Å². The molecule has 0 bridgehead atoms. The van der Waals surface area contributed by atoms with Gasteiger partial charge in [0.25, 0.3) is 5.91 Å². The molecule has 34 heavy (non-hydrogen) atoms. The summed E-state index contributed by atoms with van der Waals surface area (Å²) < 4.78 is 6.15. The highest BCUT2D eigenvalue weighted by Gasteiger charge is 2.30. The summed E-state index contributed by atoms with van der Waals surface area (Å²) in [6.07, 6.45) is 3.55. The van der Waals surface area contributed by atoms with Crippen molar-refractivity contribution < 1.29 is 14.3 Å².